The second-order valence-electron chi connectivity index (χ2n) is 3.24. The molecule has 4 heteroatoms. The number of hydrogen-bond acceptors (Lipinski definition) is 3. The SMILES string of the molecule is C=C[C@@]1(O)CCCC[C@H]1[N+](=O)[O-]. The summed E-state index contributed by atoms with van der Waals surface area (Å²) in [6, 6.07) is -0.858. The first kappa shape index (κ1) is 9.19. The Morgan fingerprint density at radius 2 is 2.33 bits per heavy atom. The molecule has 1 aliphatic carbocycles. The fourth-order valence-corrected chi connectivity index (χ4v) is 1.69. The van der Waals surface area contributed by atoms with Crippen molar-refractivity contribution in [1.29, 1.82) is 0 Å². The Morgan fingerprint density at radius 1 is 1.67 bits per heavy atom. The van der Waals surface area contributed by atoms with Gasteiger partial charge >= 0.3 is 0 Å². The molecular weight excluding hydrogens is 158 g/mol. The van der Waals surface area contributed by atoms with E-state index in [0.29, 0.717) is 12.8 Å². The summed E-state index contributed by atoms with van der Waals surface area (Å²) in [5.74, 6) is 0. The smallest absolute Gasteiger partial charge is 0.244 e. The van der Waals surface area contributed by atoms with E-state index in [-0.39, 0.29) is 0 Å². The summed E-state index contributed by atoms with van der Waals surface area (Å²) in [5, 5.41) is 20.3. The van der Waals surface area contributed by atoms with Crippen molar-refractivity contribution in [3.63, 3.8) is 0 Å². The molecule has 0 heterocycles. The molecule has 0 spiro atoms. The summed E-state index contributed by atoms with van der Waals surface area (Å²) in [6.07, 6.45) is 3.88. The lowest BCUT2D eigenvalue weighted by Crippen LogP contribution is -2.47. The molecular formula is C8H13NO3. The summed E-state index contributed by atoms with van der Waals surface area (Å²) >= 11 is 0. The Morgan fingerprint density at radius 3 is 2.75 bits per heavy atom. The van der Waals surface area contributed by atoms with Crippen molar-refractivity contribution in [2.24, 2.45) is 0 Å². The van der Waals surface area contributed by atoms with E-state index >= 15 is 0 Å². The summed E-state index contributed by atoms with van der Waals surface area (Å²) in [7, 11) is 0. The topological polar surface area (TPSA) is 63.4 Å². The second-order valence-corrected chi connectivity index (χ2v) is 3.24. The van der Waals surface area contributed by atoms with Gasteiger partial charge in [0.1, 0.15) is 5.60 Å². The molecule has 4 nitrogen and oxygen atoms in total. The lowest BCUT2D eigenvalue weighted by molar-refractivity contribution is -0.545. The highest BCUT2D eigenvalue weighted by atomic mass is 16.6. The highest BCUT2D eigenvalue weighted by molar-refractivity contribution is 5.03. The van der Waals surface area contributed by atoms with Crippen molar-refractivity contribution < 1.29 is 10.0 Å². The predicted molar refractivity (Wildman–Crippen MR) is 44.4 cm³/mol. The van der Waals surface area contributed by atoms with Crippen LogP contribution in [-0.4, -0.2) is 21.7 Å². The molecule has 1 fully saturated rings. The maximum absolute atomic E-state index is 10.5. The van der Waals surface area contributed by atoms with Gasteiger partial charge in [-0.3, -0.25) is 10.1 Å². The summed E-state index contributed by atoms with van der Waals surface area (Å²) in [4.78, 5) is 10.1. The maximum atomic E-state index is 10.5. The van der Waals surface area contributed by atoms with Gasteiger partial charge in [0.25, 0.3) is 0 Å². The van der Waals surface area contributed by atoms with E-state index in [1.54, 1.807) is 0 Å². The monoisotopic (exact) mass is 171 g/mol. The van der Waals surface area contributed by atoms with Gasteiger partial charge in [-0.05, 0) is 19.3 Å². The fourth-order valence-electron chi connectivity index (χ4n) is 1.69. The quantitative estimate of drug-likeness (QED) is 0.384. The summed E-state index contributed by atoms with van der Waals surface area (Å²) in [6.45, 7) is 3.43. The van der Waals surface area contributed by atoms with Crippen LogP contribution in [0.1, 0.15) is 25.7 Å². The number of aliphatic hydroxyl groups is 1. The Kier molecular flexibility index (Phi) is 2.47. The third-order valence-electron chi connectivity index (χ3n) is 2.49. The van der Waals surface area contributed by atoms with Crippen LogP contribution in [0.15, 0.2) is 12.7 Å². The first-order valence-corrected chi connectivity index (χ1v) is 4.09. The van der Waals surface area contributed by atoms with Gasteiger partial charge in [0.15, 0.2) is 0 Å². The lowest BCUT2D eigenvalue weighted by atomic mass is 9.81. The highest BCUT2D eigenvalue weighted by Gasteiger charge is 2.44. The van der Waals surface area contributed by atoms with Crippen molar-refractivity contribution in [3.8, 4) is 0 Å². The molecule has 0 bridgehead atoms. The number of hydrogen-bond donors (Lipinski definition) is 1. The van der Waals surface area contributed by atoms with E-state index in [4.69, 9.17) is 0 Å². The largest absolute Gasteiger partial charge is 0.379 e. The molecule has 0 saturated heterocycles. The standard InChI is InChI=1S/C8H13NO3/c1-2-8(10)6-4-3-5-7(8)9(11)12/h2,7,10H,1,3-6H2/t7-,8-/m1/s1. The maximum Gasteiger partial charge on any atom is 0.244 e. The molecule has 0 unspecified atom stereocenters. The van der Waals surface area contributed by atoms with Gasteiger partial charge in [0.2, 0.25) is 6.04 Å². The second kappa shape index (κ2) is 3.23. The molecule has 68 valence electrons. The average molecular weight is 171 g/mol. The molecule has 0 aromatic carbocycles. The normalized spacial score (nSPS) is 35.9. The Balaban J connectivity index is 2.80. The molecule has 1 saturated carbocycles. The molecule has 0 aliphatic heterocycles. The van der Waals surface area contributed by atoms with Crippen LogP contribution in [0.25, 0.3) is 0 Å². The third kappa shape index (κ3) is 1.48. The van der Waals surface area contributed by atoms with Gasteiger partial charge in [-0.15, -0.1) is 0 Å². The van der Waals surface area contributed by atoms with Gasteiger partial charge in [0.05, 0.1) is 0 Å². The molecule has 2 atom stereocenters. The molecule has 0 amide bonds. The van der Waals surface area contributed by atoms with Gasteiger partial charge in [-0.2, -0.15) is 0 Å². The van der Waals surface area contributed by atoms with E-state index in [2.05, 4.69) is 6.58 Å². The van der Waals surface area contributed by atoms with Crippen molar-refractivity contribution in [2.75, 3.05) is 0 Å². The van der Waals surface area contributed by atoms with E-state index in [1.165, 1.54) is 6.08 Å². The van der Waals surface area contributed by atoms with Crippen LogP contribution in [0.2, 0.25) is 0 Å². The van der Waals surface area contributed by atoms with Crippen molar-refractivity contribution in [1.82, 2.24) is 0 Å². The third-order valence-corrected chi connectivity index (χ3v) is 2.49. The van der Waals surface area contributed by atoms with E-state index in [0.717, 1.165) is 12.8 Å². The van der Waals surface area contributed by atoms with Gasteiger partial charge in [-0.25, -0.2) is 0 Å². The fraction of sp³-hybridized carbons (Fsp3) is 0.750. The van der Waals surface area contributed by atoms with Crippen molar-refractivity contribution >= 4 is 0 Å². The first-order valence-electron chi connectivity index (χ1n) is 4.09. The number of rotatable bonds is 2. The Hall–Kier alpha value is -0.900. The predicted octanol–water partition coefficient (Wildman–Crippen LogP) is 1.12. The molecule has 0 aromatic rings. The minimum Gasteiger partial charge on any atom is -0.379 e. The van der Waals surface area contributed by atoms with E-state index in [1.807, 2.05) is 0 Å². The van der Waals surface area contributed by atoms with Crippen LogP contribution in [0.4, 0.5) is 0 Å². The molecule has 0 radical (unpaired) electrons. The zero-order valence-corrected chi connectivity index (χ0v) is 6.90. The lowest BCUT2D eigenvalue weighted by Gasteiger charge is -2.31. The van der Waals surface area contributed by atoms with Crippen LogP contribution in [0, 0.1) is 10.1 Å². The minimum atomic E-state index is -1.28. The number of nitro groups is 1. The molecule has 1 N–H and O–H groups in total. The Bertz CT molecular complexity index is 204. The van der Waals surface area contributed by atoms with Crippen LogP contribution in [-0.2, 0) is 0 Å². The number of nitrogens with zero attached hydrogens (tertiary/aromatic N) is 1. The molecule has 12 heavy (non-hydrogen) atoms. The average Bonchev–Trinajstić information content (AvgIpc) is 2.05. The van der Waals surface area contributed by atoms with Gasteiger partial charge in [0, 0.05) is 11.3 Å². The van der Waals surface area contributed by atoms with Crippen LogP contribution < -0.4 is 0 Å². The summed E-state index contributed by atoms with van der Waals surface area (Å²) < 4.78 is 0. The minimum absolute atomic E-state index is 0.402. The molecule has 1 aliphatic rings. The van der Waals surface area contributed by atoms with Crippen molar-refractivity contribution in [2.45, 2.75) is 37.3 Å². The highest BCUT2D eigenvalue weighted by Crippen LogP contribution is 2.30. The zero-order chi connectivity index (χ0) is 9.19. The summed E-state index contributed by atoms with van der Waals surface area (Å²) in [5.41, 5.74) is -1.28. The van der Waals surface area contributed by atoms with E-state index < -0.39 is 16.6 Å². The zero-order valence-electron chi connectivity index (χ0n) is 6.90. The van der Waals surface area contributed by atoms with Crippen LogP contribution >= 0.6 is 0 Å². The van der Waals surface area contributed by atoms with Gasteiger partial charge < -0.3 is 5.11 Å². The van der Waals surface area contributed by atoms with Gasteiger partial charge in [-0.1, -0.05) is 12.7 Å². The van der Waals surface area contributed by atoms with Crippen LogP contribution in [0.3, 0.4) is 0 Å². The molecule has 0 aromatic heterocycles. The van der Waals surface area contributed by atoms with Crippen molar-refractivity contribution in [3.05, 3.63) is 22.8 Å². The molecule has 1 rings (SSSR count). The van der Waals surface area contributed by atoms with Crippen LogP contribution in [0.5, 0.6) is 0 Å². The Labute approximate surface area is 71.0 Å². The van der Waals surface area contributed by atoms with E-state index in [9.17, 15) is 15.2 Å². The first-order chi connectivity index (χ1) is 5.60.